The molecule has 1 aromatic rings. The van der Waals surface area contributed by atoms with Crippen molar-refractivity contribution in [2.45, 2.75) is 26.9 Å². The number of hydrogen-bond donors (Lipinski definition) is 3. The molecule has 0 saturated carbocycles. The van der Waals surface area contributed by atoms with Crippen molar-refractivity contribution in [3.8, 4) is 5.75 Å². The van der Waals surface area contributed by atoms with E-state index in [-0.39, 0.29) is 29.2 Å². The summed E-state index contributed by atoms with van der Waals surface area (Å²) in [5.41, 5.74) is 12.4. The number of anilines is 1. The van der Waals surface area contributed by atoms with E-state index in [1.807, 2.05) is 26.8 Å². The van der Waals surface area contributed by atoms with Crippen molar-refractivity contribution >= 4 is 17.7 Å². The molecule has 7 nitrogen and oxygen atoms in total. The van der Waals surface area contributed by atoms with Crippen LogP contribution in [0.4, 0.5) is 10.1 Å². The molecule has 0 amide bonds. The predicted octanol–water partition coefficient (Wildman–Crippen LogP) is 2.27. The molecule has 2 rings (SSSR count). The Hall–Kier alpha value is -2.61. The summed E-state index contributed by atoms with van der Waals surface area (Å²) in [7, 11) is 2.08. The van der Waals surface area contributed by atoms with Crippen LogP contribution in [0.5, 0.6) is 5.75 Å². The lowest BCUT2D eigenvalue weighted by molar-refractivity contribution is 0.184. The highest BCUT2D eigenvalue weighted by Gasteiger charge is 2.20. The number of piperazine rings is 1. The number of nitrogens with zero attached hydrogens (tertiary/aromatic N) is 3. The number of allylic oxidation sites excluding steroid dienone is 1. The number of halogens is 1. The molecule has 1 aliphatic rings. The lowest BCUT2D eigenvalue weighted by Crippen LogP contribution is -2.43. The normalized spacial score (nSPS) is 17.4. The number of nitrogen functional groups attached to an aromatic ring is 1. The summed E-state index contributed by atoms with van der Waals surface area (Å²) in [6.45, 7) is 9.07. The van der Waals surface area contributed by atoms with E-state index < -0.39 is 5.82 Å². The van der Waals surface area contributed by atoms with Gasteiger partial charge in [-0.05, 0) is 33.0 Å². The van der Waals surface area contributed by atoms with Gasteiger partial charge in [0.1, 0.15) is 5.82 Å². The second-order valence-corrected chi connectivity index (χ2v) is 7.33. The van der Waals surface area contributed by atoms with E-state index in [0.29, 0.717) is 5.56 Å². The quantitative estimate of drug-likeness (QED) is 0.376. The first-order valence-electron chi connectivity index (χ1n) is 9.47. The molecule has 1 aromatic carbocycles. The largest absolute Gasteiger partial charge is 0.488 e. The number of likely N-dealkylation sites (N-methyl/N-ethyl adjacent to an activating group) is 1. The molecule has 1 fully saturated rings. The second-order valence-electron chi connectivity index (χ2n) is 7.33. The van der Waals surface area contributed by atoms with Gasteiger partial charge in [-0.2, -0.15) is 0 Å². The first-order chi connectivity index (χ1) is 13.2. The highest BCUT2D eigenvalue weighted by molar-refractivity contribution is 6.05. The molecule has 1 heterocycles. The van der Waals surface area contributed by atoms with Crippen LogP contribution in [0.2, 0.25) is 0 Å². The van der Waals surface area contributed by atoms with Gasteiger partial charge in [-0.25, -0.2) is 9.38 Å². The Balaban J connectivity index is 2.27. The third-order valence-electron chi connectivity index (χ3n) is 4.65. The Labute approximate surface area is 166 Å². The van der Waals surface area contributed by atoms with Gasteiger partial charge in [0.25, 0.3) is 0 Å². The fraction of sp³-hybridized carbons (Fsp3) is 0.500. The topological polar surface area (TPSA) is 104 Å². The molecule has 0 bridgehead atoms. The number of nitrogens with one attached hydrogen (secondary N) is 1. The Morgan fingerprint density at radius 1 is 1.25 bits per heavy atom. The van der Waals surface area contributed by atoms with Crippen molar-refractivity contribution in [2.75, 3.05) is 39.0 Å². The highest BCUT2D eigenvalue weighted by Crippen LogP contribution is 2.28. The number of aliphatic imine (C=N–C) groups is 1. The van der Waals surface area contributed by atoms with Crippen LogP contribution in [0.25, 0.3) is 0 Å². The molecule has 5 N–H and O–H groups in total. The number of hydrogen-bond acceptors (Lipinski definition) is 6. The van der Waals surface area contributed by atoms with Gasteiger partial charge >= 0.3 is 0 Å². The van der Waals surface area contributed by atoms with E-state index in [9.17, 15) is 4.39 Å². The van der Waals surface area contributed by atoms with Crippen LogP contribution in [-0.2, 0) is 0 Å². The fourth-order valence-corrected chi connectivity index (χ4v) is 3.04. The maximum atomic E-state index is 14.1. The molecule has 0 radical (unpaired) electrons. The highest BCUT2D eigenvalue weighted by atomic mass is 19.1. The molecule has 1 aliphatic heterocycles. The van der Waals surface area contributed by atoms with Crippen molar-refractivity contribution < 1.29 is 9.13 Å². The van der Waals surface area contributed by atoms with Gasteiger partial charge in [-0.1, -0.05) is 6.92 Å². The van der Waals surface area contributed by atoms with Gasteiger partial charge < -0.3 is 31.4 Å². The Kier molecular flexibility index (Phi) is 7.39. The molecule has 0 aliphatic carbocycles. The number of benzene rings is 1. The second kappa shape index (κ2) is 9.54. The van der Waals surface area contributed by atoms with Crippen LogP contribution in [0.3, 0.4) is 0 Å². The fourth-order valence-electron chi connectivity index (χ4n) is 3.04. The van der Waals surface area contributed by atoms with Crippen molar-refractivity contribution in [1.29, 1.82) is 5.41 Å². The van der Waals surface area contributed by atoms with Gasteiger partial charge in [-0.15, -0.1) is 0 Å². The van der Waals surface area contributed by atoms with Crippen LogP contribution in [-0.4, -0.2) is 61.2 Å². The third-order valence-corrected chi connectivity index (χ3v) is 4.65. The zero-order valence-electron chi connectivity index (χ0n) is 17.1. The van der Waals surface area contributed by atoms with Gasteiger partial charge in [0.15, 0.2) is 11.6 Å². The molecule has 8 heteroatoms. The summed E-state index contributed by atoms with van der Waals surface area (Å²) in [5, 5.41) is 8.59. The van der Waals surface area contributed by atoms with Crippen LogP contribution in [0.1, 0.15) is 26.3 Å². The molecule has 0 aromatic heterocycles. The first-order valence-corrected chi connectivity index (χ1v) is 9.47. The minimum atomic E-state index is -0.531. The molecular weight excluding hydrogens is 359 g/mol. The summed E-state index contributed by atoms with van der Waals surface area (Å²) in [4.78, 5) is 8.69. The van der Waals surface area contributed by atoms with E-state index in [4.69, 9.17) is 21.6 Å². The zero-order valence-corrected chi connectivity index (χ0v) is 17.1. The maximum absolute atomic E-state index is 14.1. The molecule has 28 heavy (non-hydrogen) atoms. The Morgan fingerprint density at radius 3 is 2.46 bits per heavy atom. The van der Waals surface area contributed by atoms with Gasteiger partial charge in [0.2, 0.25) is 0 Å². The predicted molar refractivity (Wildman–Crippen MR) is 112 cm³/mol. The minimum absolute atomic E-state index is 0.0967. The number of ether oxygens (including phenoxy) is 1. The number of rotatable bonds is 7. The lowest BCUT2D eigenvalue weighted by atomic mass is 9.96. The lowest BCUT2D eigenvalue weighted by Gasteiger charge is -2.34. The van der Waals surface area contributed by atoms with Gasteiger partial charge in [0.05, 0.1) is 12.4 Å². The zero-order chi connectivity index (χ0) is 20.8. The van der Waals surface area contributed by atoms with E-state index >= 15 is 0 Å². The summed E-state index contributed by atoms with van der Waals surface area (Å²) in [6.07, 6.45) is 2.98. The monoisotopic (exact) mass is 390 g/mol. The molecular formula is C20H31FN6O. The third kappa shape index (κ3) is 5.45. The van der Waals surface area contributed by atoms with E-state index in [2.05, 4.69) is 21.8 Å². The van der Waals surface area contributed by atoms with Crippen molar-refractivity contribution in [1.82, 2.24) is 9.80 Å². The molecule has 1 atom stereocenters. The molecule has 1 unspecified atom stereocenters. The van der Waals surface area contributed by atoms with Crippen LogP contribution in [0, 0.1) is 17.1 Å². The van der Waals surface area contributed by atoms with Crippen LogP contribution < -0.4 is 16.2 Å². The maximum Gasteiger partial charge on any atom is 0.167 e. The Bertz CT molecular complexity index is 753. The SMILES string of the molecule is CC(C)Oc1cc(C(=N)C(C)/C=C(\N=C/N)N2CCN(C)CC2)c(N)cc1F. The van der Waals surface area contributed by atoms with Gasteiger partial charge in [-0.3, -0.25) is 0 Å². The summed E-state index contributed by atoms with van der Waals surface area (Å²) in [5.74, 6) is 0.00130. The summed E-state index contributed by atoms with van der Waals surface area (Å²) in [6, 6.07) is 2.70. The van der Waals surface area contributed by atoms with Crippen molar-refractivity contribution in [2.24, 2.45) is 16.6 Å². The minimum Gasteiger partial charge on any atom is -0.488 e. The van der Waals surface area contributed by atoms with E-state index in [1.165, 1.54) is 18.5 Å². The first kappa shape index (κ1) is 21.7. The van der Waals surface area contributed by atoms with Crippen molar-refractivity contribution in [3.05, 3.63) is 35.4 Å². The van der Waals surface area contributed by atoms with Crippen LogP contribution >= 0.6 is 0 Å². The Morgan fingerprint density at radius 2 is 1.89 bits per heavy atom. The average Bonchev–Trinajstić information content (AvgIpc) is 2.63. The summed E-state index contributed by atoms with van der Waals surface area (Å²) >= 11 is 0. The summed E-state index contributed by atoms with van der Waals surface area (Å²) < 4.78 is 19.6. The standard InChI is InChI=1S/C20H31FN6O/c1-13(2)28-18-10-15(17(23)11-16(18)21)20(24)14(3)9-19(25-12-22)27-7-5-26(4)6-8-27/h9-14,24H,5-8,23H2,1-4H3,(H2,22,25)/b19-9+,24-20?. The smallest absolute Gasteiger partial charge is 0.167 e. The van der Waals surface area contributed by atoms with Gasteiger partial charge in [0, 0.05) is 55.1 Å². The van der Waals surface area contributed by atoms with Crippen LogP contribution in [0.15, 0.2) is 29.0 Å². The molecule has 154 valence electrons. The average molecular weight is 391 g/mol. The van der Waals surface area contributed by atoms with Crippen molar-refractivity contribution in [3.63, 3.8) is 0 Å². The molecule has 0 spiro atoms. The molecule has 1 saturated heterocycles. The van der Waals surface area contributed by atoms with E-state index in [1.54, 1.807) is 0 Å². The van der Waals surface area contributed by atoms with E-state index in [0.717, 1.165) is 32.0 Å². The number of nitrogens with two attached hydrogens (primary N) is 2.